The van der Waals surface area contributed by atoms with Gasteiger partial charge in [0.15, 0.2) is 5.69 Å². The van der Waals surface area contributed by atoms with Gasteiger partial charge in [-0.2, -0.15) is 24.3 Å². The van der Waals surface area contributed by atoms with E-state index in [4.69, 9.17) is 12.6 Å². The number of nitro groups is 1. The second-order valence-electron chi connectivity index (χ2n) is 6.43. The maximum absolute atomic E-state index is 11.7. The molecule has 0 saturated heterocycles. The number of tetrazole rings is 1. The maximum Gasteiger partial charge on any atom is 1.00 e. The van der Waals surface area contributed by atoms with Crippen molar-refractivity contribution in [2.24, 2.45) is 0 Å². The molecule has 0 aliphatic rings. The van der Waals surface area contributed by atoms with Crippen molar-refractivity contribution >= 4 is 49.0 Å². The molecule has 0 aliphatic heterocycles. The summed E-state index contributed by atoms with van der Waals surface area (Å²) in [6, 6.07) is 19.4. The molecule has 1 heterocycles. The minimum atomic E-state index is -4.79. The zero-order chi connectivity index (χ0) is 25.8. The van der Waals surface area contributed by atoms with Crippen molar-refractivity contribution < 1.29 is 64.9 Å². The van der Waals surface area contributed by atoms with Gasteiger partial charge in [0.1, 0.15) is 5.69 Å². The third-order valence-electron chi connectivity index (χ3n) is 4.24. The summed E-state index contributed by atoms with van der Waals surface area (Å²) < 4.78 is 61.4. The molecule has 13 nitrogen and oxygen atoms in total. The van der Waals surface area contributed by atoms with E-state index in [1.54, 1.807) is 12.1 Å². The van der Waals surface area contributed by atoms with Gasteiger partial charge in [0, 0.05) is 20.5 Å². The van der Waals surface area contributed by atoms with Crippen LogP contribution in [0.5, 0.6) is 0 Å². The molecule has 0 radical (unpaired) electrons. The first-order valence-corrected chi connectivity index (χ1v) is 12.6. The van der Waals surface area contributed by atoms with Crippen LogP contribution in [-0.2, 0) is 20.7 Å². The van der Waals surface area contributed by atoms with Crippen LogP contribution >= 0.6 is 22.6 Å². The molecule has 17 heteroatoms. The van der Waals surface area contributed by atoms with Crippen LogP contribution in [0.2, 0.25) is 0 Å². The second kappa shape index (κ2) is 12.6. The molecule has 3 aromatic carbocycles. The Labute approximate surface area is 241 Å². The van der Waals surface area contributed by atoms with Gasteiger partial charge in [0.2, 0.25) is 0 Å². The molecular formula is C19H11IN5NaO8S2. The number of halogens is 1. The second-order valence-corrected chi connectivity index (χ2v) is 9.43. The minimum Gasteiger partial charge on any atom is -0.754 e. The summed E-state index contributed by atoms with van der Waals surface area (Å²) in [5.41, 5.74) is 0.973. The Balaban J connectivity index is 0.000000850. The van der Waals surface area contributed by atoms with E-state index in [2.05, 4.69) is 38.9 Å². The van der Waals surface area contributed by atoms with Crippen LogP contribution in [0.1, 0.15) is 0 Å². The molecule has 0 atom stereocenters. The van der Waals surface area contributed by atoms with Crippen molar-refractivity contribution in [1.82, 2.24) is 15.0 Å². The molecular weight excluding hydrogens is 640 g/mol. The summed E-state index contributed by atoms with van der Waals surface area (Å²) in [5, 5.41) is 19.7. The van der Waals surface area contributed by atoms with Gasteiger partial charge in [-0.25, -0.2) is 0 Å². The first-order valence-electron chi connectivity index (χ1n) is 9.11. The zero-order valence-corrected chi connectivity index (χ0v) is 23.8. The van der Waals surface area contributed by atoms with Crippen LogP contribution in [0.3, 0.4) is 0 Å². The molecule has 0 bridgehead atoms. The molecule has 0 fully saturated rings. The fourth-order valence-corrected chi connectivity index (χ4v) is 3.82. The average Bonchev–Trinajstić information content (AvgIpc) is 3.24. The number of hydrogen-bond donors (Lipinski definition) is 0. The Hall–Kier alpha value is -2.61. The number of nitrogens with zero attached hydrogens (tertiary/aromatic N) is 5. The third-order valence-corrected chi connectivity index (χ3v) is 5.84. The predicted octanol–water partition coefficient (Wildman–Crippen LogP) is -1.57. The largest absolute Gasteiger partial charge is 1.00 e. The Bertz CT molecular complexity index is 1610. The fourth-order valence-electron chi connectivity index (χ4n) is 2.81. The number of rotatable bonds is 5. The third kappa shape index (κ3) is 7.45. The van der Waals surface area contributed by atoms with Crippen molar-refractivity contribution in [3.05, 3.63) is 86.5 Å². The molecule has 0 saturated carbocycles. The summed E-state index contributed by atoms with van der Waals surface area (Å²) in [6.07, 6.45) is 0. The summed E-state index contributed by atoms with van der Waals surface area (Å²) in [5.74, 6) is -0.0136. The standard InChI is InChI=1S/C19H12IN5O5S.Na.O3S/c20-13-5-7-14(8-6-13)23-21-19(17-3-1-2-4-18(17)31(28,29)30)22-24(23)15-9-11-16(12-10-15)25(26)27;;1-4(2)3/h1,3-12H,(H,28,29,30);;/q;+1;/p-1. The van der Waals surface area contributed by atoms with E-state index in [9.17, 15) is 23.1 Å². The van der Waals surface area contributed by atoms with Gasteiger partial charge < -0.3 is 4.55 Å². The topological polar surface area (TPSA) is 186 Å². The van der Waals surface area contributed by atoms with Gasteiger partial charge in [-0.3, -0.25) is 18.5 Å². The first kappa shape index (κ1) is 29.6. The van der Waals surface area contributed by atoms with Crippen LogP contribution < -0.4 is 34.4 Å². The molecule has 4 aromatic rings. The Kier molecular flexibility index (Phi) is 10.3. The van der Waals surface area contributed by atoms with Crippen molar-refractivity contribution in [2.75, 3.05) is 0 Å². The Morgan fingerprint density at radius 1 is 1.03 bits per heavy atom. The number of nitro benzene ring substituents is 1. The van der Waals surface area contributed by atoms with Gasteiger partial charge in [-0.15, -0.1) is 12.6 Å². The molecule has 4 rings (SSSR count). The van der Waals surface area contributed by atoms with Gasteiger partial charge in [0.25, 0.3) is 5.69 Å². The van der Waals surface area contributed by atoms with Crippen molar-refractivity contribution in [1.29, 1.82) is 0 Å². The van der Waals surface area contributed by atoms with Crippen molar-refractivity contribution in [3.63, 3.8) is 0 Å². The van der Waals surface area contributed by atoms with Crippen molar-refractivity contribution in [2.45, 2.75) is 4.90 Å². The normalized spacial score (nSPS) is 10.5. The Morgan fingerprint density at radius 3 is 2.14 bits per heavy atom. The molecule has 180 valence electrons. The van der Waals surface area contributed by atoms with Gasteiger partial charge in [0.05, 0.1) is 20.1 Å². The van der Waals surface area contributed by atoms with Crippen LogP contribution in [0.15, 0.2) is 71.6 Å². The SMILES string of the molecule is O=S(=O)=O.O=[N+]([O-])c1ccc(-[n+]2nc(-c3cc[c-]cc3S(=O)(=O)[O-])nn2-c2ccc(I)cc2)cc1.[Na+]. The van der Waals surface area contributed by atoms with Crippen LogP contribution in [-0.4, -0.2) is 45.5 Å². The average molecular weight is 651 g/mol. The minimum absolute atomic E-state index is 0. The summed E-state index contributed by atoms with van der Waals surface area (Å²) in [6.45, 7) is 0. The number of hydrogen-bond acceptors (Lipinski definition) is 10. The van der Waals surface area contributed by atoms with E-state index in [1.807, 2.05) is 12.1 Å². The maximum atomic E-state index is 11.7. The molecule has 0 unspecified atom stereocenters. The molecule has 36 heavy (non-hydrogen) atoms. The molecule has 1 aromatic heterocycles. The number of aromatic nitrogens is 4. The molecule has 0 N–H and O–H groups in total. The smallest absolute Gasteiger partial charge is 0.754 e. The summed E-state index contributed by atoms with van der Waals surface area (Å²) in [7, 11) is -7.90. The van der Waals surface area contributed by atoms with Gasteiger partial charge in [-0.1, -0.05) is 0 Å². The fraction of sp³-hybridized carbons (Fsp3) is 0. The van der Waals surface area contributed by atoms with Crippen LogP contribution in [0.4, 0.5) is 5.69 Å². The van der Waals surface area contributed by atoms with E-state index in [0.29, 0.717) is 11.4 Å². The van der Waals surface area contributed by atoms with E-state index in [1.165, 1.54) is 46.0 Å². The van der Waals surface area contributed by atoms with Gasteiger partial charge in [-0.05, 0) is 79.3 Å². The summed E-state index contributed by atoms with van der Waals surface area (Å²) in [4.78, 5) is 12.7. The number of benzene rings is 3. The van der Waals surface area contributed by atoms with Crippen molar-refractivity contribution in [3.8, 4) is 22.8 Å². The predicted molar refractivity (Wildman–Crippen MR) is 124 cm³/mol. The van der Waals surface area contributed by atoms with E-state index >= 15 is 0 Å². The molecule has 0 aliphatic carbocycles. The first-order chi connectivity index (χ1) is 16.5. The quantitative estimate of drug-likeness (QED) is 0.0464. The van der Waals surface area contributed by atoms with Gasteiger partial charge >= 0.3 is 46.0 Å². The number of non-ortho nitro benzene ring substituents is 1. The van der Waals surface area contributed by atoms with E-state index in [-0.39, 0.29) is 46.6 Å². The van der Waals surface area contributed by atoms with Crippen LogP contribution in [0.25, 0.3) is 22.8 Å². The monoisotopic (exact) mass is 651 g/mol. The Morgan fingerprint density at radius 2 is 1.61 bits per heavy atom. The van der Waals surface area contributed by atoms with Crippen LogP contribution in [0, 0.1) is 19.8 Å². The van der Waals surface area contributed by atoms with E-state index < -0.39 is 30.5 Å². The molecule has 0 amide bonds. The summed E-state index contributed by atoms with van der Waals surface area (Å²) >= 11 is 2.15. The molecule has 0 spiro atoms. The van der Waals surface area contributed by atoms with E-state index in [0.717, 1.165) is 9.64 Å². The zero-order valence-electron chi connectivity index (χ0n) is 18.0.